The fourth-order valence-electron chi connectivity index (χ4n) is 2.66. The molecular formula is C21H17N3O5S. The molecule has 8 nitrogen and oxygen atoms in total. The topological polar surface area (TPSA) is 125 Å². The molecule has 3 aromatic carbocycles. The lowest BCUT2D eigenvalue weighted by atomic mass is 10.1. The molecular weight excluding hydrogens is 406 g/mol. The van der Waals surface area contributed by atoms with Gasteiger partial charge in [0.1, 0.15) is 6.54 Å². The molecule has 0 aliphatic heterocycles. The molecule has 0 aliphatic rings. The molecule has 0 saturated carbocycles. The first-order valence-electron chi connectivity index (χ1n) is 8.82. The third kappa shape index (κ3) is 5.20. The van der Waals surface area contributed by atoms with Crippen molar-refractivity contribution in [3.05, 3.63) is 72.3 Å². The van der Waals surface area contributed by atoms with Crippen molar-refractivity contribution in [2.45, 2.75) is 4.90 Å². The zero-order chi connectivity index (χ0) is 21.6. The average molecular weight is 423 g/mol. The van der Waals surface area contributed by atoms with Crippen LogP contribution < -0.4 is 10.0 Å². The molecule has 1 amide bonds. The number of sulfonamides is 1. The summed E-state index contributed by atoms with van der Waals surface area (Å²) in [5.74, 6) is -1.45. The van der Waals surface area contributed by atoms with E-state index in [-0.39, 0.29) is 4.90 Å². The molecule has 0 spiro atoms. The number of hydrogen-bond acceptors (Lipinski definition) is 6. The summed E-state index contributed by atoms with van der Waals surface area (Å²) in [4.78, 5) is 23.8. The third-order valence-corrected chi connectivity index (χ3v) is 5.55. The summed E-state index contributed by atoms with van der Waals surface area (Å²) in [7, 11) is -3.95. The summed E-state index contributed by atoms with van der Waals surface area (Å²) in [5, 5.41) is 13.2. The van der Waals surface area contributed by atoms with Crippen molar-refractivity contribution in [3.8, 4) is 6.07 Å². The summed E-state index contributed by atoms with van der Waals surface area (Å²) < 4.78 is 31.2. The van der Waals surface area contributed by atoms with Gasteiger partial charge in [0.2, 0.25) is 10.0 Å². The zero-order valence-corrected chi connectivity index (χ0v) is 16.5. The molecule has 0 aromatic heterocycles. The van der Waals surface area contributed by atoms with Crippen LogP contribution in [0.1, 0.15) is 5.56 Å². The third-order valence-electron chi connectivity index (χ3n) is 4.13. The van der Waals surface area contributed by atoms with Crippen molar-refractivity contribution in [2.24, 2.45) is 0 Å². The first-order chi connectivity index (χ1) is 14.4. The predicted octanol–water partition coefficient (Wildman–Crippen LogP) is 2.17. The van der Waals surface area contributed by atoms with Gasteiger partial charge in [-0.15, -0.1) is 0 Å². The van der Waals surface area contributed by atoms with Gasteiger partial charge in [-0.05, 0) is 35.7 Å². The molecule has 0 radical (unpaired) electrons. The van der Waals surface area contributed by atoms with Crippen LogP contribution in [0.15, 0.2) is 71.6 Å². The van der Waals surface area contributed by atoms with Crippen LogP contribution in [0.4, 0.5) is 5.69 Å². The van der Waals surface area contributed by atoms with Crippen molar-refractivity contribution >= 4 is 38.4 Å². The van der Waals surface area contributed by atoms with Crippen LogP contribution in [0.3, 0.4) is 0 Å². The molecule has 0 unspecified atom stereocenters. The van der Waals surface area contributed by atoms with Crippen LogP contribution in [0.5, 0.6) is 0 Å². The Morgan fingerprint density at radius 3 is 2.40 bits per heavy atom. The van der Waals surface area contributed by atoms with Crippen LogP contribution >= 0.6 is 0 Å². The minimum atomic E-state index is -3.95. The van der Waals surface area contributed by atoms with Gasteiger partial charge in [0, 0.05) is 11.1 Å². The summed E-state index contributed by atoms with van der Waals surface area (Å²) >= 11 is 0. The number of carbonyl (C=O) groups is 2. The maximum Gasteiger partial charge on any atom is 0.321 e. The van der Waals surface area contributed by atoms with E-state index in [0.29, 0.717) is 11.3 Å². The minimum Gasteiger partial charge on any atom is -0.455 e. The maximum absolute atomic E-state index is 12.2. The molecule has 0 bridgehead atoms. The molecule has 3 rings (SSSR count). The number of carbonyl (C=O) groups excluding carboxylic acids is 2. The summed E-state index contributed by atoms with van der Waals surface area (Å²) in [5.41, 5.74) is 0.890. The van der Waals surface area contributed by atoms with Gasteiger partial charge in [0.25, 0.3) is 5.91 Å². The zero-order valence-electron chi connectivity index (χ0n) is 15.7. The molecule has 9 heteroatoms. The Hall–Kier alpha value is -3.74. The lowest BCUT2D eigenvalue weighted by Crippen LogP contribution is -2.32. The average Bonchev–Trinajstić information content (AvgIpc) is 2.76. The Balaban J connectivity index is 1.51. The number of hydrogen-bond donors (Lipinski definition) is 2. The molecule has 152 valence electrons. The SMILES string of the molecule is N#Cc1ccc(S(=O)(=O)NCC(=O)OCC(=O)Nc2cccc3ccccc23)cc1. The van der Waals surface area contributed by atoms with Gasteiger partial charge < -0.3 is 10.1 Å². The maximum atomic E-state index is 12.2. The Morgan fingerprint density at radius 2 is 1.67 bits per heavy atom. The van der Waals surface area contributed by atoms with E-state index in [0.717, 1.165) is 10.8 Å². The van der Waals surface area contributed by atoms with Crippen LogP contribution in [-0.2, 0) is 24.3 Å². The monoisotopic (exact) mass is 423 g/mol. The minimum absolute atomic E-state index is 0.0944. The normalized spacial score (nSPS) is 10.9. The standard InChI is InChI=1S/C21H17N3O5S/c22-12-15-8-10-17(11-9-15)30(27,28)23-13-21(26)29-14-20(25)24-19-7-3-5-16-4-1-2-6-18(16)19/h1-11,23H,13-14H2,(H,24,25). The molecule has 0 heterocycles. The van der Waals surface area contributed by atoms with E-state index in [1.807, 2.05) is 36.4 Å². The molecule has 2 N–H and O–H groups in total. The Labute approximate surface area is 173 Å². The van der Waals surface area contributed by atoms with Crippen LogP contribution in [0.25, 0.3) is 10.8 Å². The van der Waals surface area contributed by atoms with Crippen LogP contribution in [0, 0.1) is 11.3 Å². The smallest absolute Gasteiger partial charge is 0.321 e. The molecule has 0 fully saturated rings. The van der Waals surface area contributed by atoms with Crippen molar-refractivity contribution in [1.82, 2.24) is 4.72 Å². The number of rotatable bonds is 7. The van der Waals surface area contributed by atoms with E-state index in [1.165, 1.54) is 24.3 Å². The Kier molecular flexibility index (Phi) is 6.41. The van der Waals surface area contributed by atoms with Gasteiger partial charge in [-0.1, -0.05) is 36.4 Å². The Morgan fingerprint density at radius 1 is 0.967 bits per heavy atom. The number of benzene rings is 3. The van der Waals surface area contributed by atoms with Crippen molar-refractivity contribution in [2.75, 3.05) is 18.5 Å². The van der Waals surface area contributed by atoms with E-state index in [9.17, 15) is 18.0 Å². The van der Waals surface area contributed by atoms with Gasteiger partial charge >= 0.3 is 5.97 Å². The summed E-state index contributed by atoms with van der Waals surface area (Å²) in [6, 6.07) is 20.0. The summed E-state index contributed by atoms with van der Waals surface area (Å²) in [6.45, 7) is -1.19. The Bertz CT molecular complexity index is 1230. The van der Waals surface area contributed by atoms with Gasteiger partial charge in [-0.2, -0.15) is 9.98 Å². The van der Waals surface area contributed by atoms with Gasteiger partial charge in [-0.25, -0.2) is 8.42 Å². The highest BCUT2D eigenvalue weighted by Gasteiger charge is 2.17. The first-order valence-corrected chi connectivity index (χ1v) is 10.3. The molecule has 0 aliphatic carbocycles. The first kappa shape index (κ1) is 21.0. The summed E-state index contributed by atoms with van der Waals surface area (Å²) in [6.07, 6.45) is 0. The lowest BCUT2D eigenvalue weighted by Gasteiger charge is -2.10. The largest absolute Gasteiger partial charge is 0.455 e. The van der Waals surface area contributed by atoms with Crippen molar-refractivity contribution < 1.29 is 22.7 Å². The van der Waals surface area contributed by atoms with Gasteiger partial charge in [0.05, 0.1) is 16.5 Å². The number of nitriles is 1. The number of nitrogens with one attached hydrogen (secondary N) is 2. The predicted molar refractivity (Wildman–Crippen MR) is 110 cm³/mol. The number of fused-ring (bicyclic) bond motifs is 1. The van der Waals surface area contributed by atoms with E-state index >= 15 is 0 Å². The van der Waals surface area contributed by atoms with Crippen molar-refractivity contribution in [3.63, 3.8) is 0 Å². The fraction of sp³-hybridized carbons (Fsp3) is 0.0952. The van der Waals surface area contributed by atoms with Crippen LogP contribution in [-0.4, -0.2) is 33.4 Å². The fourth-order valence-corrected chi connectivity index (χ4v) is 3.63. The van der Waals surface area contributed by atoms with Gasteiger partial charge in [0.15, 0.2) is 6.61 Å². The van der Waals surface area contributed by atoms with Crippen molar-refractivity contribution in [1.29, 1.82) is 5.26 Å². The number of nitrogens with zero attached hydrogens (tertiary/aromatic N) is 1. The van der Waals surface area contributed by atoms with E-state index in [4.69, 9.17) is 10.00 Å². The van der Waals surface area contributed by atoms with E-state index in [2.05, 4.69) is 10.0 Å². The highest BCUT2D eigenvalue weighted by molar-refractivity contribution is 7.89. The van der Waals surface area contributed by atoms with E-state index < -0.39 is 35.1 Å². The molecule has 0 saturated heterocycles. The number of esters is 1. The highest BCUT2D eigenvalue weighted by Crippen LogP contribution is 2.22. The highest BCUT2D eigenvalue weighted by atomic mass is 32.2. The number of anilines is 1. The second-order valence-corrected chi connectivity index (χ2v) is 7.96. The van der Waals surface area contributed by atoms with Gasteiger partial charge in [-0.3, -0.25) is 9.59 Å². The quantitative estimate of drug-likeness (QED) is 0.561. The molecule has 0 atom stereocenters. The second kappa shape index (κ2) is 9.17. The molecule has 30 heavy (non-hydrogen) atoms. The number of ether oxygens (including phenoxy) is 1. The lowest BCUT2D eigenvalue weighted by molar-refractivity contribution is -0.146. The second-order valence-electron chi connectivity index (χ2n) is 6.20. The van der Waals surface area contributed by atoms with E-state index in [1.54, 1.807) is 12.1 Å². The molecule has 3 aromatic rings. The number of amides is 1. The van der Waals surface area contributed by atoms with Crippen LogP contribution in [0.2, 0.25) is 0 Å².